The summed E-state index contributed by atoms with van der Waals surface area (Å²) in [6.07, 6.45) is 1.42. The molecule has 0 unspecified atom stereocenters. The fourth-order valence-electron chi connectivity index (χ4n) is 2.82. The molecule has 1 aliphatic rings. The minimum atomic E-state index is -0.231. The van der Waals surface area contributed by atoms with Crippen molar-refractivity contribution in [3.8, 4) is 11.3 Å². The molecule has 0 atom stereocenters. The fourth-order valence-corrected chi connectivity index (χ4v) is 3.05. The lowest BCUT2D eigenvalue weighted by atomic mass is 10.1. The van der Waals surface area contributed by atoms with Gasteiger partial charge in [0, 0.05) is 31.7 Å². The van der Waals surface area contributed by atoms with Crippen LogP contribution < -0.4 is 5.32 Å². The highest BCUT2D eigenvalue weighted by Gasteiger charge is 2.17. The van der Waals surface area contributed by atoms with Crippen molar-refractivity contribution in [3.63, 3.8) is 0 Å². The Balaban J connectivity index is 1.52. The number of nitrogens with zero attached hydrogens (tertiary/aromatic N) is 1. The van der Waals surface area contributed by atoms with Gasteiger partial charge in [-0.2, -0.15) is 0 Å². The average Bonchev–Trinajstić information content (AvgIpc) is 3.07. The number of amides is 1. The van der Waals surface area contributed by atoms with E-state index in [1.165, 1.54) is 0 Å². The topological polar surface area (TPSA) is 65.7 Å². The second-order valence-electron chi connectivity index (χ2n) is 5.97. The lowest BCUT2D eigenvalue weighted by Gasteiger charge is -2.29. The molecular weight excluding hydrogens is 328 g/mol. The van der Waals surface area contributed by atoms with Crippen molar-refractivity contribution in [3.05, 3.63) is 47.2 Å². The molecule has 128 valence electrons. The number of aliphatic hydroxyl groups is 1. The molecule has 2 N–H and O–H groups in total. The summed E-state index contributed by atoms with van der Waals surface area (Å²) < 4.78 is 5.63. The van der Waals surface area contributed by atoms with Crippen LogP contribution in [-0.2, 0) is 0 Å². The summed E-state index contributed by atoms with van der Waals surface area (Å²) in [5, 5.41) is 12.9. The number of carbonyl (C=O) groups excluding carboxylic acids is 1. The van der Waals surface area contributed by atoms with Gasteiger partial charge in [0.25, 0.3) is 5.91 Å². The van der Waals surface area contributed by atoms with Crippen LogP contribution in [0.15, 0.2) is 40.8 Å². The quantitative estimate of drug-likeness (QED) is 0.872. The standard InChI is InChI=1S/C18H21ClN2O3/c19-15-4-2-1-3-14(15)16-5-6-17(24-16)18(23)20-9-12-21-10-7-13(22)8-11-21/h1-6,13,22H,7-12H2,(H,20,23). The van der Waals surface area contributed by atoms with Crippen LogP contribution in [0.3, 0.4) is 0 Å². The average molecular weight is 349 g/mol. The number of hydrogen-bond acceptors (Lipinski definition) is 4. The number of halogens is 1. The number of aliphatic hydroxyl groups excluding tert-OH is 1. The number of furan rings is 1. The predicted molar refractivity (Wildman–Crippen MR) is 93.2 cm³/mol. The highest BCUT2D eigenvalue weighted by atomic mass is 35.5. The van der Waals surface area contributed by atoms with Crippen molar-refractivity contribution < 1.29 is 14.3 Å². The van der Waals surface area contributed by atoms with Gasteiger partial charge >= 0.3 is 0 Å². The number of rotatable bonds is 5. The molecule has 0 aliphatic carbocycles. The van der Waals surface area contributed by atoms with E-state index < -0.39 is 0 Å². The van der Waals surface area contributed by atoms with Gasteiger partial charge < -0.3 is 19.7 Å². The molecule has 1 aromatic carbocycles. The van der Waals surface area contributed by atoms with Crippen molar-refractivity contribution in [1.29, 1.82) is 0 Å². The zero-order chi connectivity index (χ0) is 16.9. The molecule has 3 rings (SSSR count). The third-order valence-electron chi connectivity index (χ3n) is 4.24. The van der Waals surface area contributed by atoms with Crippen molar-refractivity contribution in [2.45, 2.75) is 18.9 Å². The van der Waals surface area contributed by atoms with Gasteiger partial charge in [0.1, 0.15) is 5.76 Å². The van der Waals surface area contributed by atoms with Crippen molar-refractivity contribution in [2.24, 2.45) is 0 Å². The molecule has 2 heterocycles. The Morgan fingerprint density at radius 1 is 1.25 bits per heavy atom. The molecule has 2 aromatic rings. The van der Waals surface area contributed by atoms with E-state index in [0.29, 0.717) is 17.3 Å². The van der Waals surface area contributed by atoms with E-state index >= 15 is 0 Å². The highest BCUT2D eigenvalue weighted by molar-refractivity contribution is 6.33. The van der Waals surface area contributed by atoms with Gasteiger partial charge in [0.15, 0.2) is 5.76 Å². The van der Waals surface area contributed by atoms with Gasteiger partial charge in [0.2, 0.25) is 0 Å². The van der Waals surface area contributed by atoms with Gasteiger partial charge in [0.05, 0.1) is 11.1 Å². The molecule has 0 spiro atoms. The fraction of sp³-hybridized carbons (Fsp3) is 0.389. The van der Waals surface area contributed by atoms with Crippen molar-refractivity contribution in [1.82, 2.24) is 10.2 Å². The first-order chi connectivity index (χ1) is 11.6. The van der Waals surface area contributed by atoms with E-state index in [4.69, 9.17) is 16.0 Å². The Hall–Kier alpha value is -1.82. The molecule has 5 nitrogen and oxygen atoms in total. The number of carbonyl (C=O) groups is 1. The van der Waals surface area contributed by atoms with Crippen LogP contribution in [0, 0.1) is 0 Å². The highest BCUT2D eigenvalue weighted by Crippen LogP contribution is 2.28. The summed E-state index contributed by atoms with van der Waals surface area (Å²) in [7, 11) is 0. The molecule has 1 aliphatic heterocycles. The maximum absolute atomic E-state index is 12.2. The molecule has 1 amide bonds. The number of nitrogens with one attached hydrogen (secondary N) is 1. The Morgan fingerprint density at radius 2 is 2.00 bits per heavy atom. The summed E-state index contributed by atoms with van der Waals surface area (Å²) in [6, 6.07) is 10.8. The molecule has 0 bridgehead atoms. The predicted octanol–water partition coefficient (Wildman–Crippen LogP) is 2.79. The van der Waals surface area contributed by atoms with Gasteiger partial charge in [-0.25, -0.2) is 0 Å². The van der Waals surface area contributed by atoms with E-state index in [1.807, 2.05) is 18.2 Å². The zero-order valence-corrected chi connectivity index (χ0v) is 14.1. The maximum Gasteiger partial charge on any atom is 0.287 e. The SMILES string of the molecule is O=C(NCCN1CCC(O)CC1)c1ccc(-c2ccccc2Cl)o1. The van der Waals surface area contributed by atoms with Gasteiger partial charge in [-0.15, -0.1) is 0 Å². The lowest BCUT2D eigenvalue weighted by molar-refractivity contribution is 0.0798. The molecule has 0 saturated carbocycles. The largest absolute Gasteiger partial charge is 0.451 e. The first-order valence-corrected chi connectivity index (χ1v) is 8.54. The molecule has 1 aromatic heterocycles. The summed E-state index contributed by atoms with van der Waals surface area (Å²) in [4.78, 5) is 14.4. The summed E-state index contributed by atoms with van der Waals surface area (Å²) in [5.74, 6) is 0.625. The first kappa shape index (κ1) is 17.0. The summed E-state index contributed by atoms with van der Waals surface area (Å²) >= 11 is 6.14. The second-order valence-corrected chi connectivity index (χ2v) is 6.38. The van der Waals surface area contributed by atoms with Gasteiger partial charge in [-0.1, -0.05) is 23.7 Å². The smallest absolute Gasteiger partial charge is 0.287 e. The van der Waals surface area contributed by atoms with Crippen molar-refractivity contribution >= 4 is 17.5 Å². The van der Waals surface area contributed by atoms with E-state index in [9.17, 15) is 9.90 Å². The van der Waals surface area contributed by atoms with E-state index in [2.05, 4.69) is 10.2 Å². The molecule has 1 saturated heterocycles. The number of piperidine rings is 1. The van der Waals surface area contributed by atoms with Crippen LogP contribution in [0.1, 0.15) is 23.4 Å². The summed E-state index contributed by atoms with van der Waals surface area (Å²) in [5.41, 5.74) is 0.769. The van der Waals surface area contributed by atoms with Crippen molar-refractivity contribution in [2.75, 3.05) is 26.2 Å². The number of hydrogen-bond donors (Lipinski definition) is 2. The second kappa shape index (κ2) is 7.83. The minimum absolute atomic E-state index is 0.179. The summed E-state index contributed by atoms with van der Waals surface area (Å²) in [6.45, 7) is 3.07. The Morgan fingerprint density at radius 3 is 2.75 bits per heavy atom. The third-order valence-corrected chi connectivity index (χ3v) is 4.57. The molecule has 1 fully saturated rings. The van der Waals surface area contributed by atoms with E-state index in [-0.39, 0.29) is 17.8 Å². The Labute approximate surface area is 146 Å². The molecule has 6 heteroatoms. The zero-order valence-electron chi connectivity index (χ0n) is 13.4. The van der Waals surface area contributed by atoms with Crippen LogP contribution in [0.4, 0.5) is 0 Å². The Kier molecular flexibility index (Phi) is 5.56. The normalized spacial score (nSPS) is 16.2. The number of benzene rings is 1. The van der Waals surface area contributed by atoms with E-state index in [1.54, 1.807) is 18.2 Å². The van der Waals surface area contributed by atoms with E-state index in [0.717, 1.165) is 38.0 Å². The van der Waals surface area contributed by atoms with Crippen LogP contribution in [0.2, 0.25) is 5.02 Å². The molecule has 24 heavy (non-hydrogen) atoms. The minimum Gasteiger partial charge on any atom is -0.451 e. The van der Waals surface area contributed by atoms with Gasteiger partial charge in [-0.3, -0.25) is 4.79 Å². The maximum atomic E-state index is 12.2. The molecular formula is C18H21ClN2O3. The van der Waals surface area contributed by atoms with Gasteiger partial charge in [-0.05, 0) is 37.1 Å². The Bertz CT molecular complexity index is 693. The van der Waals surface area contributed by atoms with Crippen LogP contribution >= 0.6 is 11.6 Å². The first-order valence-electron chi connectivity index (χ1n) is 8.17. The number of likely N-dealkylation sites (tertiary alicyclic amines) is 1. The van der Waals surface area contributed by atoms with Crippen LogP contribution in [0.5, 0.6) is 0 Å². The lowest BCUT2D eigenvalue weighted by Crippen LogP contribution is -2.40. The van der Waals surface area contributed by atoms with Crippen LogP contribution in [-0.4, -0.2) is 48.2 Å². The monoisotopic (exact) mass is 348 g/mol. The van der Waals surface area contributed by atoms with Crippen LogP contribution in [0.25, 0.3) is 11.3 Å². The third kappa shape index (κ3) is 4.17. The molecule has 0 radical (unpaired) electrons.